The van der Waals surface area contributed by atoms with E-state index in [4.69, 9.17) is 32.7 Å². The third-order valence-electron chi connectivity index (χ3n) is 7.28. The number of para-hydroxylation sites is 1. The van der Waals surface area contributed by atoms with Crippen molar-refractivity contribution < 1.29 is 22.7 Å². The summed E-state index contributed by atoms with van der Waals surface area (Å²) in [6.45, 7) is 2.40. The van der Waals surface area contributed by atoms with Gasteiger partial charge in [-0.05, 0) is 67.2 Å². The van der Waals surface area contributed by atoms with E-state index in [2.05, 4.69) is 25.3 Å². The van der Waals surface area contributed by atoms with Crippen molar-refractivity contribution in [3.05, 3.63) is 69.3 Å². The van der Waals surface area contributed by atoms with Crippen LogP contribution in [0.25, 0.3) is 0 Å². The van der Waals surface area contributed by atoms with E-state index in [9.17, 15) is 13.2 Å². The first-order valence-corrected chi connectivity index (χ1v) is 15.6. The Kier molecular flexibility index (Phi) is 8.03. The number of halogens is 2. The molecule has 1 amide bonds. The molecule has 0 aliphatic carbocycles. The van der Waals surface area contributed by atoms with Gasteiger partial charge in [-0.25, -0.2) is 18.1 Å². The van der Waals surface area contributed by atoms with E-state index < -0.39 is 15.9 Å². The van der Waals surface area contributed by atoms with Gasteiger partial charge in [0, 0.05) is 11.9 Å². The third kappa shape index (κ3) is 6.13. The number of carbonyl (C=O) groups is 1. The molecule has 2 saturated heterocycles. The van der Waals surface area contributed by atoms with E-state index in [0.29, 0.717) is 40.2 Å². The molecule has 0 unspecified atom stereocenters. The van der Waals surface area contributed by atoms with Crippen LogP contribution < -0.4 is 25.0 Å². The van der Waals surface area contributed by atoms with Crippen LogP contribution in [-0.4, -0.2) is 63.4 Å². The number of carbonyl (C=O) groups excluding carboxylic acids is 1. The number of anilines is 3. The fourth-order valence-electron chi connectivity index (χ4n) is 5.20. The summed E-state index contributed by atoms with van der Waals surface area (Å²) in [5.41, 5.74) is 2.87. The van der Waals surface area contributed by atoms with Crippen molar-refractivity contribution in [1.29, 1.82) is 0 Å². The predicted molar refractivity (Wildman–Crippen MR) is 156 cm³/mol. The van der Waals surface area contributed by atoms with Gasteiger partial charge in [-0.1, -0.05) is 35.3 Å². The summed E-state index contributed by atoms with van der Waals surface area (Å²) in [4.78, 5) is 23.3. The summed E-state index contributed by atoms with van der Waals surface area (Å²) in [7, 11) is -3.58. The molecule has 2 aromatic carbocycles. The first kappa shape index (κ1) is 28.1. The number of rotatable bonds is 8. The van der Waals surface area contributed by atoms with E-state index >= 15 is 0 Å². The highest BCUT2D eigenvalue weighted by molar-refractivity contribution is 7.88. The van der Waals surface area contributed by atoms with E-state index in [1.165, 1.54) is 11.1 Å². The summed E-state index contributed by atoms with van der Waals surface area (Å²) in [5.74, 6) is 0.0379. The van der Waals surface area contributed by atoms with Gasteiger partial charge in [-0.15, -0.1) is 0 Å². The number of ether oxygens (including phenoxy) is 2. The van der Waals surface area contributed by atoms with Crippen LogP contribution in [0.15, 0.2) is 42.6 Å². The fraction of sp³-hybridized carbons (Fsp3) is 0.370. The Hall–Kier alpha value is -3.00. The minimum atomic E-state index is -3.58. The lowest BCUT2D eigenvalue weighted by Gasteiger charge is -2.29. The molecular weight excluding hydrogens is 591 g/mol. The molecule has 14 heteroatoms. The first-order valence-electron chi connectivity index (χ1n) is 13.2. The van der Waals surface area contributed by atoms with Crippen molar-refractivity contribution in [2.45, 2.75) is 30.6 Å². The van der Waals surface area contributed by atoms with Gasteiger partial charge in [0.05, 0.1) is 40.7 Å². The number of amides is 1. The molecule has 3 N–H and O–H groups in total. The summed E-state index contributed by atoms with van der Waals surface area (Å²) in [5, 5.41) is 7.13. The van der Waals surface area contributed by atoms with Gasteiger partial charge in [-0.3, -0.25) is 9.69 Å². The minimum Gasteiger partial charge on any atom is -0.455 e. The Balaban J connectivity index is 1.24. The van der Waals surface area contributed by atoms with E-state index in [1.807, 2.05) is 18.2 Å². The lowest BCUT2D eigenvalue weighted by atomic mass is 9.87. The van der Waals surface area contributed by atoms with Crippen molar-refractivity contribution in [3.63, 3.8) is 0 Å². The maximum Gasteiger partial charge on any atom is 0.268 e. The number of hydrogen-bond donors (Lipinski definition) is 3. The fourth-order valence-corrected chi connectivity index (χ4v) is 7.19. The SMILES string of the molecule is O=C1c2cnc(Nc3ccc(C4CCNCC4)c(CS(=O)(=O)NC4COC4)c3)nc2OCN1c1c(Cl)cccc1Cl. The first-order chi connectivity index (χ1) is 19.8. The van der Waals surface area contributed by atoms with Crippen LogP contribution in [-0.2, 0) is 20.5 Å². The Labute approximate surface area is 247 Å². The molecule has 216 valence electrons. The smallest absolute Gasteiger partial charge is 0.268 e. The van der Waals surface area contributed by atoms with E-state index in [-0.39, 0.29) is 41.8 Å². The second-order valence-corrected chi connectivity index (χ2v) is 12.7. The van der Waals surface area contributed by atoms with Crippen molar-refractivity contribution in [2.75, 3.05) is 43.3 Å². The molecule has 3 aliphatic rings. The molecule has 3 aliphatic heterocycles. The van der Waals surface area contributed by atoms with E-state index in [1.54, 1.807) is 18.2 Å². The number of nitrogens with one attached hydrogen (secondary N) is 3. The Morgan fingerprint density at radius 2 is 1.85 bits per heavy atom. The Morgan fingerprint density at radius 3 is 2.56 bits per heavy atom. The van der Waals surface area contributed by atoms with Crippen molar-refractivity contribution in [3.8, 4) is 5.88 Å². The van der Waals surface area contributed by atoms with Crippen molar-refractivity contribution >= 4 is 56.5 Å². The molecule has 6 rings (SSSR count). The highest BCUT2D eigenvalue weighted by Crippen LogP contribution is 2.37. The van der Waals surface area contributed by atoms with Crippen LogP contribution in [0.4, 0.5) is 17.3 Å². The lowest BCUT2D eigenvalue weighted by Crippen LogP contribution is -2.48. The normalized spacial score (nSPS) is 18.0. The van der Waals surface area contributed by atoms with Gasteiger partial charge >= 0.3 is 0 Å². The molecule has 0 radical (unpaired) electrons. The molecular formula is C27H28Cl2N6O5S. The minimum absolute atomic E-state index is 0.118. The summed E-state index contributed by atoms with van der Waals surface area (Å²) >= 11 is 12.6. The van der Waals surface area contributed by atoms with Crippen LogP contribution >= 0.6 is 23.2 Å². The topological polar surface area (TPSA) is 135 Å². The summed E-state index contributed by atoms with van der Waals surface area (Å²) < 4.78 is 39.6. The number of fused-ring (bicyclic) bond motifs is 1. The van der Waals surface area contributed by atoms with Crippen LogP contribution in [0.1, 0.15) is 40.2 Å². The predicted octanol–water partition coefficient (Wildman–Crippen LogP) is 3.81. The van der Waals surface area contributed by atoms with Crippen LogP contribution in [0.2, 0.25) is 10.0 Å². The zero-order valence-electron chi connectivity index (χ0n) is 21.9. The number of nitrogens with zero attached hydrogens (tertiary/aromatic N) is 3. The average Bonchev–Trinajstić information content (AvgIpc) is 2.92. The Bertz CT molecular complexity index is 1560. The van der Waals surface area contributed by atoms with Gasteiger partial charge in [0.2, 0.25) is 21.9 Å². The third-order valence-corrected chi connectivity index (χ3v) is 9.27. The summed E-state index contributed by atoms with van der Waals surface area (Å²) in [6, 6.07) is 10.5. The lowest BCUT2D eigenvalue weighted by molar-refractivity contribution is 0.00480. The number of sulfonamides is 1. The van der Waals surface area contributed by atoms with Gasteiger partial charge in [0.25, 0.3) is 5.91 Å². The van der Waals surface area contributed by atoms with Gasteiger partial charge in [0.1, 0.15) is 5.56 Å². The van der Waals surface area contributed by atoms with Crippen LogP contribution in [0.3, 0.4) is 0 Å². The number of hydrogen-bond acceptors (Lipinski definition) is 9. The molecule has 0 spiro atoms. The molecule has 1 aromatic heterocycles. The van der Waals surface area contributed by atoms with Gasteiger partial charge in [-0.2, -0.15) is 4.98 Å². The Morgan fingerprint density at radius 1 is 1.10 bits per heavy atom. The highest BCUT2D eigenvalue weighted by atomic mass is 35.5. The molecule has 0 atom stereocenters. The number of benzene rings is 2. The van der Waals surface area contributed by atoms with Crippen LogP contribution in [0.5, 0.6) is 5.88 Å². The largest absolute Gasteiger partial charge is 0.455 e. The molecule has 0 bridgehead atoms. The standard InChI is InChI=1S/C27H28Cl2N6O5S/c28-22-2-1-3-23(29)24(22)35-15-40-25-21(26(35)36)11-31-27(33-25)32-18-4-5-20(16-6-8-30-9-7-16)17(10-18)14-41(37,38)34-19-12-39-13-19/h1-5,10-11,16,19,30,34H,6-9,12-15H2,(H,31,32,33). The zero-order valence-corrected chi connectivity index (χ0v) is 24.2. The maximum atomic E-state index is 13.2. The molecule has 3 aromatic rings. The van der Waals surface area contributed by atoms with Crippen LogP contribution in [0, 0.1) is 0 Å². The molecule has 0 saturated carbocycles. The molecule has 41 heavy (non-hydrogen) atoms. The second-order valence-electron chi connectivity index (χ2n) is 10.2. The van der Waals surface area contributed by atoms with E-state index in [0.717, 1.165) is 31.5 Å². The highest BCUT2D eigenvalue weighted by Gasteiger charge is 2.32. The average molecular weight is 620 g/mol. The molecule has 2 fully saturated rings. The maximum absolute atomic E-state index is 13.2. The van der Waals surface area contributed by atoms with Crippen molar-refractivity contribution in [2.24, 2.45) is 0 Å². The quantitative estimate of drug-likeness (QED) is 0.344. The number of aromatic nitrogens is 2. The molecule has 11 nitrogen and oxygen atoms in total. The summed E-state index contributed by atoms with van der Waals surface area (Å²) in [6.07, 6.45) is 3.24. The monoisotopic (exact) mass is 618 g/mol. The number of piperidine rings is 1. The molecule has 4 heterocycles. The zero-order chi connectivity index (χ0) is 28.6. The second kappa shape index (κ2) is 11.7. The van der Waals surface area contributed by atoms with Crippen molar-refractivity contribution in [1.82, 2.24) is 20.0 Å². The van der Waals surface area contributed by atoms with Gasteiger partial charge in [0.15, 0.2) is 6.73 Å². The van der Waals surface area contributed by atoms with Gasteiger partial charge < -0.3 is 20.1 Å².